The normalized spacial score (nSPS) is 11.8. The van der Waals surface area contributed by atoms with E-state index in [1.165, 1.54) is 45.4 Å². The molecule has 0 bridgehead atoms. The summed E-state index contributed by atoms with van der Waals surface area (Å²) < 4.78 is 4.81. The summed E-state index contributed by atoms with van der Waals surface area (Å²) in [6.07, 6.45) is 4.22. The summed E-state index contributed by atoms with van der Waals surface area (Å²) >= 11 is -1.16. The van der Waals surface area contributed by atoms with Crippen molar-refractivity contribution in [1.82, 2.24) is 9.80 Å². The van der Waals surface area contributed by atoms with Crippen molar-refractivity contribution in [2.24, 2.45) is 0 Å². The van der Waals surface area contributed by atoms with E-state index in [9.17, 15) is 0 Å². The molecule has 0 fully saturated rings. The van der Waals surface area contributed by atoms with Gasteiger partial charge in [-0.25, -0.2) is 0 Å². The third-order valence-electron chi connectivity index (χ3n) is 4.53. The predicted molar refractivity (Wildman–Crippen MR) is 95.3 cm³/mol. The first-order valence-electron chi connectivity index (χ1n) is 8.97. The number of hydrogen-bond acceptors (Lipinski definition) is 2. The zero-order valence-electron chi connectivity index (χ0n) is 15.1. The molecule has 0 unspecified atom stereocenters. The van der Waals surface area contributed by atoms with Crippen LogP contribution in [0.5, 0.6) is 0 Å². The Hall–Kier alpha value is 0.790. The average molecular weight is 386 g/mol. The first-order valence-corrected chi connectivity index (χ1v) is 16.0. The van der Waals surface area contributed by atoms with E-state index in [0.29, 0.717) is 0 Å². The van der Waals surface area contributed by atoms with Crippen molar-refractivity contribution in [3.63, 3.8) is 0 Å². The van der Waals surface area contributed by atoms with Crippen LogP contribution in [0.3, 0.4) is 0 Å². The standard InChI is InChI=1S/C8H18N.C7H16N.C2H5.In/c1-5-7-9(6-2)8(3)4;1-4-6-8(3)7-5-2;1-2;/h8H,1,5-7H2,2-4H3;1,4-7H2,2-3H3;1H2,2H3;. The van der Waals surface area contributed by atoms with Crippen LogP contribution in [0, 0.1) is 0 Å². The first-order chi connectivity index (χ1) is 9.54. The second-order valence-corrected chi connectivity index (χ2v) is 17.2. The van der Waals surface area contributed by atoms with Crippen LogP contribution in [0.15, 0.2) is 0 Å². The van der Waals surface area contributed by atoms with E-state index in [4.69, 9.17) is 0 Å². The van der Waals surface area contributed by atoms with Crippen LogP contribution in [0.1, 0.15) is 53.9 Å². The first kappa shape index (κ1) is 20.8. The van der Waals surface area contributed by atoms with E-state index in [1.807, 2.05) is 0 Å². The van der Waals surface area contributed by atoms with Gasteiger partial charge in [-0.05, 0) is 0 Å². The van der Waals surface area contributed by atoms with E-state index in [1.54, 1.807) is 12.5 Å². The fourth-order valence-electron chi connectivity index (χ4n) is 3.06. The molecule has 3 heteroatoms. The van der Waals surface area contributed by atoms with Gasteiger partial charge in [0.15, 0.2) is 0 Å². The Morgan fingerprint density at radius 1 is 0.900 bits per heavy atom. The third kappa shape index (κ3) is 10.5. The Balaban J connectivity index is 3.76. The monoisotopic (exact) mass is 386 g/mol. The summed E-state index contributed by atoms with van der Waals surface area (Å²) in [6, 6.07) is 0.720. The Morgan fingerprint density at radius 3 is 1.95 bits per heavy atom. The Labute approximate surface area is 136 Å². The maximum atomic E-state index is 2.62. The Morgan fingerprint density at radius 2 is 1.50 bits per heavy atom. The van der Waals surface area contributed by atoms with Gasteiger partial charge in [-0.2, -0.15) is 0 Å². The van der Waals surface area contributed by atoms with Gasteiger partial charge in [0.25, 0.3) is 0 Å². The van der Waals surface area contributed by atoms with E-state index in [0.717, 1.165) is 6.04 Å². The fraction of sp³-hybridized carbons (Fsp3) is 1.00. The van der Waals surface area contributed by atoms with Gasteiger partial charge in [0.05, 0.1) is 0 Å². The van der Waals surface area contributed by atoms with Crippen LogP contribution in [0.4, 0.5) is 0 Å². The second kappa shape index (κ2) is 13.5. The van der Waals surface area contributed by atoms with Gasteiger partial charge in [-0.3, -0.25) is 0 Å². The zero-order chi connectivity index (χ0) is 15.4. The molecule has 20 heavy (non-hydrogen) atoms. The Kier molecular flexibility index (Phi) is 14.0. The van der Waals surface area contributed by atoms with Crippen molar-refractivity contribution in [3.05, 3.63) is 0 Å². The summed E-state index contributed by atoms with van der Waals surface area (Å²) in [5.41, 5.74) is 0. The minimum atomic E-state index is -1.16. The molecule has 0 aromatic rings. The van der Waals surface area contributed by atoms with E-state index >= 15 is 0 Å². The van der Waals surface area contributed by atoms with Gasteiger partial charge in [0, 0.05) is 0 Å². The second-order valence-electron chi connectivity index (χ2n) is 6.58. The van der Waals surface area contributed by atoms with E-state index in [2.05, 4.69) is 51.5 Å². The molecule has 0 rings (SSSR count). The van der Waals surface area contributed by atoms with Crippen LogP contribution in [0.25, 0.3) is 0 Å². The predicted octanol–water partition coefficient (Wildman–Crippen LogP) is 4.35. The van der Waals surface area contributed by atoms with Gasteiger partial charge in [0.1, 0.15) is 0 Å². The minimum absolute atomic E-state index is 0.720. The van der Waals surface area contributed by atoms with Gasteiger partial charge in [-0.1, -0.05) is 0 Å². The van der Waals surface area contributed by atoms with Crippen LogP contribution < -0.4 is 0 Å². The molecule has 0 spiro atoms. The molecule has 0 radical (unpaired) electrons. The van der Waals surface area contributed by atoms with Crippen LogP contribution in [-0.4, -0.2) is 70.5 Å². The van der Waals surface area contributed by atoms with E-state index < -0.39 is 21.4 Å². The fourth-order valence-corrected chi connectivity index (χ4v) is 10.6. The molecule has 0 aliphatic heterocycles. The molecule has 0 heterocycles. The number of rotatable bonds is 13. The quantitative estimate of drug-likeness (QED) is 0.464. The molecule has 0 aromatic carbocycles. The summed E-state index contributed by atoms with van der Waals surface area (Å²) in [4.78, 5) is 5.13. The molecule has 0 atom stereocenters. The van der Waals surface area contributed by atoms with Gasteiger partial charge < -0.3 is 0 Å². The van der Waals surface area contributed by atoms with Crippen molar-refractivity contribution in [2.45, 2.75) is 72.5 Å². The summed E-state index contributed by atoms with van der Waals surface area (Å²) in [6.45, 7) is 16.8. The summed E-state index contributed by atoms with van der Waals surface area (Å²) in [5.74, 6) is 0. The molecule has 0 aliphatic carbocycles. The molecule has 0 aliphatic rings. The van der Waals surface area contributed by atoms with Gasteiger partial charge in [-0.15, -0.1) is 0 Å². The van der Waals surface area contributed by atoms with E-state index in [-0.39, 0.29) is 0 Å². The van der Waals surface area contributed by atoms with Crippen LogP contribution >= 0.6 is 0 Å². The third-order valence-corrected chi connectivity index (χ3v) is 14.8. The van der Waals surface area contributed by atoms with Gasteiger partial charge in [0.2, 0.25) is 0 Å². The average Bonchev–Trinajstić information content (AvgIpc) is 2.41. The zero-order valence-corrected chi connectivity index (χ0v) is 18.4. The molecule has 0 aromatic heterocycles. The number of nitrogens with zero attached hydrogens (tertiary/aromatic N) is 2. The molecule has 0 amide bonds. The van der Waals surface area contributed by atoms with Crippen molar-refractivity contribution in [1.29, 1.82) is 0 Å². The van der Waals surface area contributed by atoms with Crippen molar-refractivity contribution in [3.8, 4) is 0 Å². The molecule has 2 nitrogen and oxygen atoms in total. The Bertz CT molecular complexity index is 209. The van der Waals surface area contributed by atoms with Crippen molar-refractivity contribution in [2.75, 3.05) is 33.2 Å². The van der Waals surface area contributed by atoms with Crippen molar-refractivity contribution < 1.29 is 0 Å². The number of hydrogen-bond donors (Lipinski definition) is 0. The molecule has 0 saturated heterocycles. The SMILES string of the molecule is CCCN(C)CC[CH2][In]([CH2]C)[CH2]CCN(CC)C(C)C. The summed E-state index contributed by atoms with van der Waals surface area (Å²) in [7, 11) is 2.28. The molecule has 0 saturated carbocycles. The van der Waals surface area contributed by atoms with Crippen molar-refractivity contribution >= 4 is 21.4 Å². The molecular weight excluding hydrogens is 347 g/mol. The van der Waals surface area contributed by atoms with Crippen LogP contribution in [0.2, 0.25) is 12.5 Å². The molecular formula is C17H39InN2. The maximum absolute atomic E-state index is 2.62. The summed E-state index contributed by atoms with van der Waals surface area (Å²) in [5, 5.41) is 0. The van der Waals surface area contributed by atoms with Crippen LogP contribution in [-0.2, 0) is 0 Å². The molecule has 120 valence electrons. The molecule has 0 N–H and O–H groups in total. The topological polar surface area (TPSA) is 6.48 Å². The van der Waals surface area contributed by atoms with Gasteiger partial charge >= 0.3 is 137 Å².